The van der Waals surface area contributed by atoms with E-state index >= 15 is 0 Å². The smallest absolute Gasteiger partial charge is 0.273 e. The van der Waals surface area contributed by atoms with Crippen molar-refractivity contribution >= 4 is 5.91 Å². The van der Waals surface area contributed by atoms with Crippen LogP contribution in [0.3, 0.4) is 0 Å². The first kappa shape index (κ1) is 13.8. The molecule has 1 aromatic carbocycles. The molecule has 0 aliphatic carbocycles. The minimum Gasteiger partial charge on any atom is -0.349 e. The van der Waals surface area contributed by atoms with Gasteiger partial charge in [0, 0.05) is 12.6 Å². The van der Waals surface area contributed by atoms with E-state index in [1.54, 1.807) is 10.9 Å². The number of amides is 1. The maximum atomic E-state index is 12.0. The molecule has 1 amide bonds. The molecular weight excluding hydrogens is 266 g/mol. The van der Waals surface area contributed by atoms with Crippen LogP contribution >= 0.6 is 0 Å². The minimum absolute atomic E-state index is 0.179. The monoisotopic (exact) mass is 285 g/mol. The Labute approximate surface area is 123 Å². The van der Waals surface area contributed by atoms with Crippen LogP contribution in [-0.2, 0) is 0 Å². The number of hydrogen-bond donors (Lipinski definition) is 2. The third-order valence-corrected chi connectivity index (χ3v) is 3.70. The molecule has 21 heavy (non-hydrogen) atoms. The Morgan fingerprint density at radius 3 is 2.95 bits per heavy atom. The van der Waals surface area contributed by atoms with E-state index in [2.05, 4.69) is 20.9 Å². The van der Waals surface area contributed by atoms with Crippen LogP contribution in [0.25, 0.3) is 5.69 Å². The third kappa shape index (κ3) is 3.28. The van der Waals surface area contributed by atoms with Gasteiger partial charge in [0.2, 0.25) is 0 Å². The summed E-state index contributed by atoms with van der Waals surface area (Å²) in [6, 6.07) is 8.29. The molecule has 1 fully saturated rings. The zero-order valence-electron chi connectivity index (χ0n) is 12.0. The highest BCUT2D eigenvalue weighted by molar-refractivity contribution is 5.91. The zero-order chi connectivity index (χ0) is 14.7. The first-order chi connectivity index (χ1) is 10.2. The lowest BCUT2D eigenvalue weighted by Gasteiger charge is -2.09. The Bertz CT molecular complexity index is 613. The van der Waals surface area contributed by atoms with Gasteiger partial charge < -0.3 is 10.6 Å². The summed E-state index contributed by atoms with van der Waals surface area (Å²) in [7, 11) is 0. The molecule has 6 heteroatoms. The number of carbonyl (C=O) groups is 1. The summed E-state index contributed by atoms with van der Waals surface area (Å²) < 4.78 is 1.61. The van der Waals surface area contributed by atoms with E-state index in [4.69, 9.17) is 0 Å². The van der Waals surface area contributed by atoms with Gasteiger partial charge in [-0.15, -0.1) is 5.10 Å². The summed E-state index contributed by atoms with van der Waals surface area (Å²) in [5, 5.41) is 14.2. The van der Waals surface area contributed by atoms with E-state index in [0.717, 1.165) is 18.7 Å². The topological polar surface area (TPSA) is 71.8 Å². The van der Waals surface area contributed by atoms with E-state index in [9.17, 15) is 4.79 Å². The van der Waals surface area contributed by atoms with Crippen molar-refractivity contribution in [3.63, 3.8) is 0 Å². The van der Waals surface area contributed by atoms with Gasteiger partial charge in [0.1, 0.15) is 0 Å². The molecule has 0 spiro atoms. The van der Waals surface area contributed by atoms with E-state index in [1.165, 1.54) is 12.0 Å². The fraction of sp³-hybridized carbons (Fsp3) is 0.400. The number of aromatic nitrogens is 3. The summed E-state index contributed by atoms with van der Waals surface area (Å²) in [6.45, 7) is 3.70. The minimum atomic E-state index is -0.179. The molecule has 1 atom stereocenters. The molecule has 1 aliphatic rings. The van der Waals surface area contributed by atoms with Crippen molar-refractivity contribution in [1.29, 1.82) is 0 Å². The average molecular weight is 285 g/mol. The van der Waals surface area contributed by atoms with Crippen molar-refractivity contribution in [2.45, 2.75) is 25.8 Å². The standard InChI is InChI=1S/C15H19N5O/c1-11-4-6-13(7-5-11)20-10-14(18-19-20)15(21)17-9-12-3-2-8-16-12/h4-7,10,12,16H,2-3,8-9H2,1H3,(H,17,21). The molecule has 6 nitrogen and oxygen atoms in total. The first-order valence-corrected chi connectivity index (χ1v) is 7.23. The second-order valence-electron chi connectivity index (χ2n) is 5.39. The van der Waals surface area contributed by atoms with Crippen molar-refractivity contribution in [3.05, 3.63) is 41.7 Å². The highest BCUT2D eigenvalue weighted by Gasteiger charge is 2.17. The van der Waals surface area contributed by atoms with Crippen molar-refractivity contribution < 1.29 is 4.79 Å². The van der Waals surface area contributed by atoms with E-state index in [-0.39, 0.29) is 5.91 Å². The molecule has 0 radical (unpaired) electrons. The molecule has 1 aliphatic heterocycles. The molecule has 3 rings (SSSR count). The summed E-state index contributed by atoms with van der Waals surface area (Å²) in [6.07, 6.45) is 3.93. The lowest BCUT2D eigenvalue weighted by Crippen LogP contribution is -2.37. The van der Waals surface area contributed by atoms with Gasteiger partial charge in [0.05, 0.1) is 11.9 Å². The Hall–Kier alpha value is -2.21. The fourth-order valence-electron chi connectivity index (χ4n) is 2.43. The van der Waals surface area contributed by atoms with E-state index in [0.29, 0.717) is 18.3 Å². The van der Waals surface area contributed by atoms with Crippen LogP contribution in [0, 0.1) is 6.92 Å². The zero-order valence-corrected chi connectivity index (χ0v) is 12.0. The van der Waals surface area contributed by atoms with Gasteiger partial charge in [-0.3, -0.25) is 4.79 Å². The van der Waals surface area contributed by atoms with Crippen molar-refractivity contribution in [3.8, 4) is 5.69 Å². The predicted octanol–water partition coefficient (Wildman–Crippen LogP) is 1.06. The van der Waals surface area contributed by atoms with Crippen LogP contribution in [0.1, 0.15) is 28.9 Å². The van der Waals surface area contributed by atoms with Gasteiger partial charge in [0.25, 0.3) is 5.91 Å². The highest BCUT2D eigenvalue weighted by Crippen LogP contribution is 2.08. The molecule has 1 saturated heterocycles. The highest BCUT2D eigenvalue weighted by atomic mass is 16.2. The quantitative estimate of drug-likeness (QED) is 0.881. The molecule has 2 N–H and O–H groups in total. The Morgan fingerprint density at radius 1 is 1.43 bits per heavy atom. The van der Waals surface area contributed by atoms with Crippen LogP contribution < -0.4 is 10.6 Å². The van der Waals surface area contributed by atoms with Gasteiger partial charge in [-0.2, -0.15) is 0 Å². The maximum Gasteiger partial charge on any atom is 0.273 e. The number of carbonyl (C=O) groups excluding carboxylic acids is 1. The molecule has 2 heterocycles. The van der Waals surface area contributed by atoms with Crippen molar-refractivity contribution in [1.82, 2.24) is 25.6 Å². The van der Waals surface area contributed by atoms with Crippen LogP contribution in [0.2, 0.25) is 0 Å². The molecule has 110 valence electrons. The number of nitrogens with one attached hydrogen (secondary N) is 2. The Morgan fingerprint density at radius 2 is 2.24 bits per heavy atom. The van der Waals surface area contributed by atoms with Gasteiger partial charge >= 0.3 is 0 Å². The van der Waals surface area contributed by atoms with Crippen molar-refractivity contribution in [2.75, 3.05) is 13.1 Å². The SMILES string of the molecule is Cc1ccc(-n2cc(C(=O)NCC3CCCN3)nn2)cc1. The van der Waals surface area contributed by atoms with Gasteiger partial charge in [-0.1, -0.05) is 22.9 Å². The van der Waals surface area contributed by atoms with Crippen LogP contribution in [0.4, 0.5) is 0 Å². The largest absolute Gasteiger partial charge is 0.349 e. The number of benzene rings is 1. The molecule has 0 bridgehead atoms. The summed E-state index contributed by atoms with van der Waals surface area (Å²) >= 11 is 0. The molecule has 1 unspecified atom stereocenters. The number of aryl methyl sites for hydroxylation is 1. The maximum absolute atomic E-state index is 12.0. The Balaban J connectivity index is 1.63. The second kappa shape index (κ2) is 6.05. The predicted molar refractivity (Wildman–Crippen MR) is 79.5 cm³/mol. The van der Waals surface area contributed by atoms with E-state index in [1.807, 2.05) is 31.2 Å². The van der Waals surface area contributed by atoms with Gasteiger partial charge in [-0.25, -0.2) is 4.68 Å². The molecule has 0 saturated carbocycles. The van der Waals surface area contributed by atoms with Crippen LogP contribution in [-0.4, -0.2) is 40.0 Å². The number of hydrogen-bond acceptors (Lipinski definition) is 4. The van der Waals surface area contributed by atoms with Gasteiger partial charge in [0.15, 0.2) is 5.69 Å². The number of rotatable bonds is 4. The fourth-order valence-corrected chi connectivity index (χ4v) is 2.43. The first-order valence-electron chi connectivity index (χ1n) is 7.23. The lowest BCUT2D eigenvalue weighted by molar-refractivity contribution is 0.0945. The summed E-state index contributed by atoms with van der Waals surface area (Å²) in [5.74, 6) is -0.179. The second-order valence-corrected chi connectivity index (χ2v) is 5.39. The van der Waals surface area contributed by atoms with Gasteiger partial charge in [-0.05, 0) is 38.4 Å². The normalized spacial score (nSPS) is 17.9. The average Bonchev–Trinajstić information content (AvgIpc) is 3.17. The molecular formula is C15H19N5O. The third-order valence-electron chi connectivity index (χ3n) is 3.70. The summed E-state index contributed by atoms with van der Waals surface area (Å²) in [5.41, 5.74) is 2.42. The number of nitrogens with zero attached hydrogens (tertiary/aromatic N) is 3. The molecule has 1 aromatic heterocycles. The molecule has 2 aromatic rings. The van der Waals surface area contributed by atoms with E-state index < -0.39 is 0 Å². The van der Waals surface area contributed by atoms with Crippen molar-refractivity contribution in [2.24, 2.45) is 0 Å². The van der Waals surface area contributed by atoms with Crippen LogP contribution in [0.15, 0.2) is 30.5 Å². The lowest BCUT2D eigenvalue weighted by atomic mass is 10.2. The van der Waals surface area contributed by atoms with Crippen LogP contribution in [0.5, 0.6) is 0 Å². The summed E-state index contributed by atoms with van der Waals surface area (Å²) in [4.78, 5) is 12.0. The Kier molecular flexibility index (Phi) is 3.96.